The van der Waals surface area contributed by atoms with Crippen LogP contribution in [0.5, 0.6) is 11.5 Å². The minimum atomic E-state index is -0.286. The van der Waals surface area contributed by atoms with Gasteiger partial charge in [0.2, 0.25) is 0 Å². The van der Waals surface area contributed by atoms with E-state index in [2.05, 4.69) is 48.7 Å². The van der Waals surface area contributed by atoms with Gasteiger partial charge in [0.1, 0.15) is 0 Å². The number of halogens is 1. The van der Waals surface area contributed by atoms with E-state index in [0.717, 1.165) is 9.99 Å². The molecular weight excluding hydrogens is 393 g/mol. The van der Waals surface area contributed by atoms with E-state index in [-0.39, 0.29) is 16.9 Å². The molecule has 1 aromatic carbocycles. The zero-order valence-electron chi connectivity index (χ0n) is 14.5. The molecule has 0 unspecified atom stereocenters. The fraction of sp³-hybridized carbons (Fsp3) is 0.588. The number of amides is 1. The standard InChI is InChI=1S/C17H26INO3/c1-16(2,3)10-17(4,5)19-15(20)11-8-13(21-6)14(22-7)9-12(11)18/h8-9H,10H2,1-7H3,(H,19,20). The molecule has 0 saturated carbocycles. The third kappa shape index (κ3) is 5.34. The first-order valence-corrected chi connectivity index (χ1v) is 8.31. The first-order chi connectivity index (χ1) is 9.99. The number of hydrogen-bond acceptors (Lipinski definition) is 3. The average molecular weight is 419 g/mol. The maximum atomic E-state index is 12.6. The molecule has 1 aromatic rings. The highest BCUT2D eigenvalue weighted by atomic mass is 127. The summed E-state index contributed by atoms with van der Waals surface area (Å²) < 4.78 is 11.4. The topological polar surface area (TPSA) is 47.6 Å². The van der Waals surface area contributed by atoms with Crippen LogP contribution < -0.4 is 14.8 Å². The summed E-state index contributed by atoms with van der Waals surface area (Å²) >= 11 is 2.14. The Bertz CT molecular complexity index is 548. The molecule has 0 fully saturated rings. The van der Waals surface area contributed by atoms with E-state index in [4.69, 9.17) is 9.47 Å². The van der Waals surface area contributed by atoms with E-state index < -0.39 is 0 Å². The van der Waals surface area contributed by atoms with Crippen molar-refractivity contribution in [1.29, 1.82) is 0 Å². The second-order valence-corrected chi connectivity index (χ2v) is 8.42. The Balaban J connectivity index is 3.03. The van der Waals surface area contributed by atoms with Crippen molar-refractivity contribution in [3.05, 3.63) is 21.3 Å². The van der Waals surface area contributed by atoms with Gasteiger partial charge < -0.3 is 14.8 Å². The molecule has 0 radical (unpaired) electrons. The minimum absolute atomic E-state index is 0.0976. The SMILES string of the molecule is COc1cc(I)c(C(=O)NC(C)(C)CC(C)(C)C)cc1OC. The molecule has 1 rings (SSSR count). The van der Waals surface area contributed by atoms with Gasteiger partial charge in [-0.15, -0.1) is 0 Å². The lowest BCUT2D eigenvalue weighted by Crippen LogP contribution is -2.46. The fourth-order valence-corrected chi connectivity index (χ4v) is 3.46. The number of nitrogens with one attached hydrogen (secondary N) is 1. The predicted octanol–water partition coefficient (Wildman–Crippen LogP) is 4.25. The van der Waals surface area contributed by atoms with E-state index >= 15 is 0 Å². The highest BCUT2D eigenvalue weighted by Crippen LogP contribution is 2.32. The Kier molecular flexibility index (Phi) is 6.12. The molecule has 0 heterocycles. The van der Waals surface area contributed by atoms with Crippen molar-refractivity contribution in [3.8, 4) is 11.5 Å². The Hall–Kier alpha value is -0.980. The molecular formula is C17H26INO3. The summed E-state index contributed by atoms with van der Waals surface area (Å²) in [6.07, 6.45) is 0.885. The second-order valence-electron chi connectivity index (χ2n) is 7.26. The highest BCUT2D eigenvalue weighted by Gasteiger charge is 2.28. The van der Waals surface area contributed by atoms with E-state index in [0.29, 0.717) is 17.1 Å². The van der Waals surface area contributed by atoms with Gasteiger partial charge in [-0.2, -0.15) is 0 Å². The van der Waals surface area contributed by atoms with Crippen molar-refractivity contribution in [3.63, 3.8) is 0 Å². The highest BCUT2D eigenvalue weighted by molar-refractivity contribution is 14.1. The second kappa shape index (κ2) is 7.06. The molecule has 0 aromatic heterocycles. The maximum Gasteiger partial charge on any atom is 0.252 e. The number of benzene rings is 1. The van der Waals surface area contributed by atoms with Crippen LogP contribution in [0.25, 0.3) is 0 Å². The third-order valence-corrected chi connectivity index (χ3v) is 4.03. The van der Waals surface area contributed by atoms with Crippen LogP contribution >= 0.6 is 22.6 Å². The van der Waals surface area contributed by atoms with Crippen LogP contribution in [-0.2, 0) is 0 Å². The molecule has 1 N–H and O–H groups in total. The Morgan fingerprint density at radius 2 is 1.59 bits per heavy atom. The predicted molar refractivity (Wildman–Crippen MR) is 97.9 cm³/mol. The van der Waals surface area contributed by atoms with Crippen molar-refractivity contribution < 1.29 is 14.3 Å². The van der Waals surface area contributed by atoms with Gasteiger partial charge >= 0.3 is 0 Å². The van der Waals surface area contributed by atoms with Gasteiger partial charge in [-0.3, -0.25) is 4.79 Å². The summed E-state index contributed by atoms with van der Waals surface area (Å²) in [7, 11) is 3.15. The first-order valence-electron chi connectivity index (χ1n) is 7.23. The molecule has 5 heteroatoms. The van der Waals surface area contributed by atoms with Crippen LogP contribution in [0.2, 0.25) is 0 Å². The first kappa shape index (κ1) is 19.1. The number of ether oxygens (including phenoxy) is 2. The quantitative estimate of drug-likeness (QED) is 0.726. The van der Waals surface area contributed by atoms with Gasteiger partial charge in [0.15, 0.2) is 11.5 Å². The number of methoxy groups -OCH3 is 2. The van der Waals surface area contributed by atoms with Crippen LogP contribution in [0, 0.1) is 8.99 Å². The Morgan fingerprint density at radius 3 is 2.05 bits per heavy atom. The molecule has 0 aliphatic rings. The van der Waals surface area contributed by atoms with Crippen molar-refractivity contribution in [2.24, 2.45) is 5.41 Å². The van der Waals surface area contributed by atoms with Crippen LogP contribution in [0.4, 0.5) is 0 Å². The van der Waals surface area contributed by atoms with Crippen LogP contribution in [0.1, 0.15) is 51.4 Å². The van der Waals surface area contributed by atoms with Crippen LogP contribution in [0.3, 0.4) is 0 Å². The minimum Gasteiger partial charge on any atom is -0.493 e. The lowest BCUT2D eigenvalue weighted by molar-refractivity contribution is 0.0890. The van der Waals surface area contributed by atoms with Crippen molar-refractivity contribution in [2.75, 3.05) is 14.2 Å². The molecule has 124 valence electrons. The number of rotatable bonds is 5. The molecule has 4 nitrogen and oxygen atoms in total. The molecule has 0 aliphatic heterocycles. The zero-order valence-corrected chi connectivity index (χ0v) is 16.6. The molecule has 0 saturated heterocycles. The molecule has 0 spiro atoms. The monoisotopic (exact) mass is 419 g/mol. The smallest absolute Gasteiger partial charge is 0.252 e. The Labute approximate surface area is 147 Å². The van der Waals surface area contributed by atoms with Crippen molar-refractivity contribution in [2.45, 2.75) is 46.6 Å². The summed E-state index contributed by atoms with van der Waals surface area (Å²) in [5.74, 6) is 1.08. The van der Waals surface area contributed by atoms with Gasteiger partial charge in [0, 0.05) is 9.11 Å². The van der Waals surface area contributed by atoms with E-state index in [1.54, 1.807) is 20.3 Å². The number of carbonyl (C=O) groups is 1. The summed E-state index contributed by atoms with van der Waals surface area (Å²) in [6.45, 7) is 10.6. The summed E-state index contributed by atoms with van der Waals surface area (Å²) in [6, 6.07) is 3.54. The molecule has 1 amide bonds. The maximum absolute atomic E-state index is 12.6. The van der Waals surface area contributed by atoms with E-state index in [9.17, 15) is 4.79 Å². The van der Waals surface area contributed by atoms with Gasteiger partial charge in [0.05, 0.1) is 19.8 Å². The molecule has 0 aliphatic carbocycles. The zero-order chi connectivity index (χ0) is 17.1. The third-order valence-electron chi connectivity index (χ3n) is 3.14. The van der Waals surface area contributed by atoms with Gasteiger partial charge in [-0.05, 0) is 60.4 Å². The van der Waals surface area contributed by atoms with E-state index in [1.807, 2.05) is 19.9 Å². The Morgan fingerprint density at radius 1 is 1.09 bits per heavy atom. The number of carbonyl (C=O) groups excluding carboxylic acids is 1. The van der Waals surface area contributed by atoms with Crippen molar-refractivity contribution >= 4 is 28.5 Å². The molecule has 0 atom stereocenters. The summed E-state index contributed by atoms with van der Waals surface area (Å²) in [5, 5.41) is 3.12. The number of hydrogen-bond donors (Lipinski definition) is 1. The molecule has 22 heavy (non-hydrogen) atoms. The molecule has 0 bridgehead atoms. The van der Waals surface area contributed by atoms with Gasteiger partial charge in [-0.1, -0.05) is 20.8 Å². The normalized spacial score (nSPS) is 12.0. The van der Waals surface area contributed by atoms with Crippen molar-refractivity contribution in [1.82, 2.24) is 5.32 Å². The fourth-order valence-electron chi connectivity index (χ4n) is 2.77. The average Bonchev–Trinajstić information content (AvgIpc) is 2.34. The summed E-state index contributed by atoms with van der Waals surface area (Å²) in [4.78, 5) is 12.6. The van der Waals surface area contributed by atoms with Gasteiger partial charge in [0.25, 0.3) is 5.91 Å². The van der Waals surface area contributed by atoms with E-state index in [1.165, 1.54) is 0 Å². The largest absolute Gasteiger partial charge is 0.493 e. The lowest BCUT2D eigenvalue weighted by atomic mass is 9.81. The van der Waals surface area contributed by atoms with Crippen LogP contribution in [0.15, 0.2) is 12.1 Å². The lowest BCUT2D eigenvalue weighted by Gasteiger charge is -2.33. The summed E-state index contributed by atoms with van der Waals surface area (Å²) in [5.41, 5.74) is 0.452. The van der Waals surface area contributed by atoms with Crippen LogP contribution in [-0.4, -0.2) is 25.7 Å². The van der Waals surface area contributed by atoms with Gasteiger partial charge in [-0.25, -0.2) is 0 Å².